The lowest BCUT2D eigenvalue weighted by atomic mass is 9.48. The summed E-state index contributed by atoms with van der Waals surface area (Å²) in [6.45, 7) is 0. The number of benzene rings is 1. The molecule has 1 aromatic carbocycles. The fourth-order valence-electron chi connectivity index (χ4n) is 6.63. The summed E-state index contributed by atoms with van der Waals surface area (Å²) >= 11 is 4.91. The Kier molecular flexibility index (Phi) is 4.22. The number of hydrogen-bond acceptors (Lipinski definition) is 4. The number of halogens is 1. The van der Waals surface area contributed by atoms with E-state index in [-0.39, 0.29) is 16.6 Å². The molecule has 5 heteroatoms. The average Bonchev–Trinajstić information content (AvgIpc) is 2.96. The normalized spacial score (nSPS) is 39.6. The van der Waals surface area contributed by atoms with Gasteiger partial charge in [-0.05, 0) is 74.0 Å². The lowest BCUT2D eigenvalue weighted by molar-refractivity contribution is -0.143. The molecular formula is C22H23BrN2OS. The van der Waals surface area contributed by atoms with Gasteiger partial charge >= 0.3 is 0 Å². The van der Waals surface area contributed by atoms with Gasteiger partial charge in [-0.2, -0.15) is 5.26 Å². The van der Waals surface area contributed by atoms with Gasteiger partial charge in [-0.15, -0.1) is 0 Å². The van der Waals surface area contributed by atoms with Crippen molar-refractivity contribution in [1.82, 2.24) is 0 Å². The quantitative estimate of drug-likeness (QED) is 0.704. The first-order valence-corrected chi connectivity index (χ1v) is 11.5. The third-order valence-electron chi connectivity index (χ3n) is 7.30. The molecule has 4 aliphatic carbocycles. The summed E-state index contributed by atoms with van der Waals surface area (Å²) in [5.74, 6) is 2.36. The predicted molar refractivity (Wildman–Crippen MR) is 111 cm³/mol. The molecule has 5 aliphatic rings. The number of ketones is 1. The van der Waals surface area contributed by atoms with Crippen molar-refractivity contribution in [3.63, 3.8) is 0 Å². The van der Waals surface area contributed by atoms with Crippen LogP contribution in [0.25, 0.3) is 0 Å². The van der Waals surface area contributed by atoms with E-state index in [1.165, 1.54) is 31.0 Å². The van der Waals surface area contributed by atoms with E-state index in [0.29, 0.717) is 16.4 Å². The topological polar surface area (TPSA) is 66.9 Å². The van der Waals surface area contributed by atoms with E-state index in [1.807, 2.05) is 24.3 Å². The summed E-state index contributed by atoms with van der Waals surface area (Å²) in [5, 5.41) is 10.0. The second-order valence-corrected chi connectivity index (χ2v) is 11.1. The molecule has 2 N–H and O–H groups in total. The van der Waals surface area contributed by atoms with Crippen LogP contribution in [0.15, 0.2) is 39.3 Å². The van der Waals surface area contributed by atoms with Crippen molar-refractivity contribution in [2.24, 2.45) is 28.9 Å². The Morgan fingerprint density at radius 2 is 1.67 bits per heavy atom. The lowest BCUT2D eigenvalue weighted by Crippen LogP contribution is -2.52. The average molecular weight is 443 g/mol. The molecule has 4 bridgehead atoms. The number of Topliss-reactive ketones (excluding diaryl/α,β-unsaturated/α-hetero) is 1. The van der Waals surface area contributed by atoms with Gasteiger partial charge in [0.2, 0.25) is 0 Å². The molecule has 2 atom stereocenters. The standard InChI is InChI=1S/C22H23BrN2OS/c23-16-3-1-15(2-4-16)18-17(11-24)21(25)27-19(18)20(26)22-8-12-5-13(9-22)7-14(6-12)10-22/h1-4,12-14,18-19H,5-10,25H2/t12?,13?,14?,18-,19-,22?/m1/s1. The van der Waals surface area contributed by atoms with Gasteiger partial charge in [0.15, 0.2) is 5.78 Å². The Morgan fingerprint density at radius 1 is 1.11 bits per heavy atom. The third kappa shape index (κ3) is 2.79. The minimum absolute atomic E-state index is 0.161. The molecule has 27 heavy (non-hydrogen) atoms. The summed E-state index contributed by atoms with van der Waals surface area (Å²) in [7, 11) is 0. The second kappa shape index (κ2) is 6.39. The van der Waals surface area contributed by atoms with E-state index < -0.39 is 0 Å². The van der Waals surface area contributed by atoms with Gasteiger partial charge in [-0.3, -0.25) is 4.79 Å². The molecule has 0 saturated heterocycles. The van der Waals surface area contributed by atoms with Crippen molar-refractivity contribution >= 4 is 33.5 Å². The van der Waals surface area contributed by atoms with Gasteiger partial charge in [0, 0.05) is 15.8 Å². The molecule has 0 aromatic heterocycles. The molecule has 0 amide bonds. The van der Waals surface area contributed by atoms with Crippen molar-refractivity contribution in [1.29, 1.82) is 5.26 Å². The van der Waals surface area contributed by atoms with Crippen LogP contribution in [0.1, 0.15) is 50.0 Å². The monoisotopic (exact) mass is 442 g/mol. The molecule has 1 heterocycles. The number of nitriles is 1. The van der Waals surface area contributed by atoms with Gasteiger partial charge in [0.25, 0.3) is 0 Å². The summed E-state index contributed by atoms with van der Waals surface area (Å²) in [6, 6.07) is 10.3. The minimum Gasteiger partial charge on any atom is -0.393 e. The van der Waals surface area contributed by atoms with Crippen LogP contribution in [0.3, 0.4) is 0 Å². The van der Waals surface area contributed by atoms with E-state index >= 15 is 0 Å². The third-order valence-corrected chi connectivity index (χ3v) is 9.04. The van der Waals surface area contributed by atoms with Crippen molar-refractivity contribution in [3.8, 4) is 6.07 Å². The number of thioether (sulfide) groups is 1. The molecule has 1 aliphatic heterocycles. The van der Waals surface area contributed by atoms with Gasteiger partial charge in [-0.1, -0.05) is 39.8 Å². The minimum atomic E-state index is -0.253. The van der Waals surface area contributed by atoms with Crippen LogP contribution in [0.5, 0.6) is 0 Å². The molecule has 1 aromatic rings. The van der Waals surface area contributed by atoms with Crippen molar-refractivity contribution in [2.45, 2.75) is 49.7 Å². The van der Waals surface area contributed by atoms with Crippen LogP contribution >= 0.6 is 27.7 Å². The smallest absolute Gasteiger partial charge is 0.153 e. The number of nitrogens with zero attached hydrogens (tertiary/aromatic N) is 1. The van der Waals surface area contributed by atoms with Crippen molar-refractivity contribution in [3.05, 3.63) is 44.9 Å². The van der Waals surface area contributed by atoms with Crippen LogP contribution in [-0.4, -0.2) is 11.0 Å². The first-order chi connectivity index (χ1) is 13.0. The Morgan fingerprint density at radius 3 is 2.19 bits per heavy atom. The highest BCUT2D eigenvalue weighted by atomic mass is 79.9. The van der Waals surface area contributed by atoms with Gasteiger partial charge in [0.05, 0.1) is 21.9 Å². The Balaban J connectivity index is 1.51. The van der Waals surface area contributed by atoms with Gasteiger partial charge in [0.1, 0.15) is 0 Å². The maximum atomic E-state index is 13.9. The SMILES string of the molecule is N#CC1=C(N)S[C@@H](C(=O)C23CC4CC(CC(C4)C2)C3)[C@@H]1c1ccc(Br)cc1. The Labute approximate surface area is 172 Å². The van der Waals surface area contributed by atoms with Crippen molar-refractivity contribution in [2.75, 3.05) is 0 Å². The van der Waals surface area contributed by atoms with Crippen LogP contribution < -0.4 is 5.73 Å². The van der Waals surface area contributed by atoms with E-state index in [4.69, 9.17) is 5.73 Å². The zero-order valence-electron chi connectivity index (χ0n) is 15.2. The van der Waals surface area contributed by atoms with Crippen LogP contribution in [0.2, 0.25) is 0 Å². The van der Waals surface area contributed by atoms with Gasteiger partial charge < -0.3 is 5.73 Å². The zero-order valence-corrected chi connectivity index (χ0v) is 17.6. The predicted octanol–water partition coefficient (Wildman–Crippen LogP) is 5.13. The highest BCUT2D eigenvalue weighted by molar-refractivity contribution is 9.10. The summed E-state index contributed by atoms with van der Waals surface area (Å²) < 4.78 is 0.997. The van der Waals surface area contributed by atoms with E-state index in [1.54, 1.807) is 0 Å². The highest BCUT2D eigenvalue weighted by Crippen LogP contribution is 2.62. The maximum Gasteiger partial charge on any atom is 0.153 e. The first-order valence-electron chi connectivity index (χ1n) is 9.85. The molecule has 6 rings (SSSR count). The van der Waals surface area contributed by atoms with E-state index in [0.717, 1.165) is 47.1 Å². The maximum absolute atomic E-state index is 13.9. The fraction of sp³-hybridized carbons (Fsp3) is 0.545. The summed E-state index contributed by atoms with van der Waals surface area (Å²) in [6.07, 6.45) is 7.15. The van der Waals surface area contributed by atoms with E-state index in [9.17, 15) is 10.1 Å². The largest absolute Gasteiger partial charge is 0.393 e. The number of nitrogens with two attached hydrogens (primary N) is 1. The first kappa shape index (κ1) is 17.8. The van der Waals surface area contributed by atoms with Crippen LogP contribution in [-0.2, 0) is 4.79 Å². The fourth-order valence-corrected chi connectivity index (χ4v) is 8.25. The summed E-state index contributed by atoms with van der Waals surface area (Å²) in [4.78, 5) is 13.9. The lowest BCUT2D eigenvalue weighted by Gasteiger charge is -2.56. The number of allylic oxidation sites excluding steroid dienone is 1. The molecule has 4 saturated carbocycles. The molecule has 140 valence electrons. The number of carbonyl (C=O) groups is 1. The van der Waals surface area contributed by atoms with Crippen LogP contribution in [0.4, 0.5) is 0 Å². The van der Waals surface area contributed by atoms with Gasteiger partial charge in [-0.25, -0.2) is 0 Å². The molecule has 4 fully saturated rings. The van der Waals surface area contributed by atoms with Crippen molar-refractivity contribution < 1.29 is 4.79 Å². The molecule has 0 radical (unpaired) electrons. The molecule has 0 unspecified atom stereocenters. The highest BCUT2D eigenvalue weighted by Gasteiger charge is 2.57. The molecule has 3 nitrogen and oxygen atoms in total. The Bertz CT molecular complexity index is 834. The molecule has 0 spiro atoms. The number of hydrogen-bond donors (Lipinski definition) is 1. The van der Waals surface area contributed by atoms with E-state index in [2.05, 4.69) is 22.0 Å². The number of carbonyl (C=O) groups excluding carboxylic acids is 1. The number of rotatable bonds is 3. The Hall–Kier alpha value is -1.25. The molecular weight excluding hydrogens is 420 g/mol. The zero-order chi connectivity index (χ0) is 18.8. The van der Waals surface area contributed by atoms with Crippen LogP contribution in [0, 0.1) is 34.5 Å². The summed E-state index contributed by atoms with van der Waals surface area (Å²) in [5.41, 5.74) is 7.66. The second-order valence-electron chi connectivity index (χ2n) is 9.02.